The number of aromatic nitrogens is 1. The average Bonchev–Trinajstić information content (AvgIpc) is 2.68. The molecule has 3 rings (SSSR count). The Morgan fingerprint density at radius 2 is 1.72 bits per heavy atom. The van der Waals surface area contributed by atoms with E-state index in [0.717, 1.165) is 22.3 Å². The van der Waals surface area contributed by atoms with Gasteiger partial charge >= 0.3 is 12.1 Å². The molecule has 0 aliphatic rings. The van der Waals surface area contributed by atoms with Crippen LogP contribution in [0.5, 0.6) is 0 Å². The van der Waals surface area contributed by atoms with E-state index in [1.807, 2.05) is 6.07 Å². The second kappa shape index (κ2) is 7.95. The number of pyridine rings is 1. The van der Waals surface area contributed by atoms with Crippen molar-refractivity contribution < 1.29 is 22.7 Å². The first-order valence-corrected chi connectivity index (χ1v) is 8.91. The maximum Gasteiger partial charge on any atom is 0.416 e. The summed E-state index contributed by atoms with van der Waals surface area (Å²) in [6.07, 6.45) is -4.56. The van der Waals surface area contributed by atoms with Crippen molar-refractivity contribution in [1.82, 2.24) is 4.57 Å². The quantitative estimate of drug-likeness (QED) is 0.578. The molecule has 3 aromatic rings. The van der Waals surface area contributed by atoms with E-state index >= 15 is 0 Å². The molecule has 0 spiro atoms. The predicted molar refractivity (Wildman–Crippen MR) is 103 cm³/mol. The van der Waals surface area contributed by atoms with Crippen molar-refractivity contribution in [2.75, 3.05) is 6.61 Å². The largest absolute Gasteiger partial charge is 0.462 e. The van der Waals surface area contributed by atoms with Gasteiger partial charge in [0.1, 0.15) is 5.56 Å². The smallest absolute Gasteiger partial charge is 0.416 e. The zero-order valence-corrected chi connectivity index (χ0v) is 15.8. The van der Waals surface area contributed by atoms with E-state index < -0.39 is 23.3 Å². The lowest BCUT2D eigenvalue weighted by Crippen LogP contribution is -2.28. The summed E-state index contributed by atoms with van der Waals surface area (Å²) in [5, 5.41) is 0. The number of nitrogens with zero attached hydrogens (tertiary/aromatic N) is 1. The maximum absolute atomic E-state index is 13.2. The van der Waals surface area contributed by atoms with Crippen LogP contribution in [0.3, 0.4) is 0 Å². The molecule has 29 heavy (non-hydrogen) atoms. The Balaban J connectivity index is 2.33. The van der Waals surface area contributed by atoms with Gasteiger partial charge in [0.25, 0.3) is 5.56 Å². The molecule has 0 aliphatic carbocycles. The Morgan fingerprint density at radius 1 is 1.03 bits per heavy atom. The summed E-state index contributed by atoms with van der Waals surface area (Å²) >= 11 is 0. The number of rotatable bonds is 4. The molecule has 0 saturated heterocycles. The Kier molecular flexibility index (Phi) is 5.59. The molecule has 0 radical (unpaired) electrons. The van der Waals surface area contributed by atoms with Crippen LogP contribution in [0.2, 0.25) is 0 Å². The third-order valence-corrected chi connectivity index (χ3v) is 4.46. The molecule has 0 bridgehead atoms. The number of carbonyl (C=O) groups is 1. The molecule has 0 amide bonds. The standard InChI is InChI=1S/C22H18F3NO3/c1-3-29-21(28)19-13-18(15-8-5-4-6-9-15)14(2)26(20(19)27)17-11-7-10-16(12-17)22(23,24)25/h4-13H,3H2,1-2H3. The molecule has 0 aliphatic heterocycles. The van der Waals surface area contributed by atoms with Crippen LogP contribution in [0.15, 0.2) is 65.5 Å². The zero-order chi connectivity index (χ0) is 21.2. The first-order valence-electron chi connectivity index (χ1n) is 8.91. The molecular formula is C22H18F3NO3. The van der Waals surface area contributed by atoms with Crippen molar-refractivity contribution in [2.24, 2.45) is 0 Å². The highest BCUT2D eigenvalue weighted by atomic mass is 19.4. The van der Waals surface area contributed by atoms with Crippen LogP contribution in [0.4, 0.5) is 13.2 Å². The van der Waals surface area contributed by atoms with Crippen LogP contribution < -0.4 is 5.56 Å². The van der Waals surface area contributed by atoms with Gasteiger partial charge in [-0.2, -0.15) is 13.2 Å². The first kappa shape index (κ1) is 20.4. The van der Waals surface area contributed by atoms with Crippen LogP contribution in [-0.4, -0.2) is 17.1 Å². The fourth-order valence-corrected chi connectivity index (χ4v) is 3.10. The van der Waals surface area contributed by atoms with E-state index in [9.17, 15) is 22.8 Å². The van der Waals surface area contributed by atoms with Crippen LogP contribution in [-0.2, 0) is 10.9 Å². The van der Waals surface area contributed by atoms with E-state index in [-0.39, 0.29) is 17.9 Å². The van der Waals surface area contributed by atoms with Gasteiger partial charge in [-0.3, -0.25) is 9.36 Å². The van der Waals surface area contributed by atoms with Gasteiger partial charge < -0.3 is 4.74 Å². The van der Waals surface area contributed by atoms with Gasteiger partial charge in [-0.15, -0.1) is 0 Å². The molecule has 0 fully saturated rings. The van der Waals surface area contributed by atoms with E-state index in [4.69, 9.17) is 4.74 Å². The molecule has 0 N–H and O–H groups in total. The second-order valence-corrected chi connectivity index (χ2v) is 6.33. The van der Waals surface area contributed by atoms with Gasteiger partial charge in [-0.05, 0) is 43.7 Å². The van der Waals surface area contributed by atoms with Crippen LogP contribution in [0.1, 0.15) is 28.5 Å². The third-order valence-electron chi connectivity index (χ3n) is 4.46. The highest BCUT2D eigenvalue weighted by Crippen LogP contribution is 2.31. The fraction of sp³-hybridized carbons (Fsp3) is 0.182. The predicted octanol–water partition coefficient (Wildman–Crippen LogP) is 5.01. The van der Waals surface area contributed by atoms with Gasteiger partial charge in [0.15, 0.2) is 0 Å². The normalized spacial score (nSPS) is 11.3. The summed E-state index contributed by atoms with van der Waals surface area (Å²) in [5.74, 6) is -0.824. The van der Waals surface area contributed by atoms with Gasteiger partial charge in [0.2, 0.25) is 0 Å². The molecule has 2 aromatic carbocycles. The first-order chi connectivity index (χ1) is 13.7. The van der Waals surface area contributed by atoms with Crippen molar-refractivity contribution in [2.45, 2.75) is 20.0 Å². The Hall–Kier alpha value is -3.35. The van der Waals surface area contributed by atoms with E-state index in [2.05, 4.69) is 0 Å². The molecule has 0 atom stereocenters. The summed E-state index contributed by atoms with van der Waals surface area (Å²) < 4.78 is 45.6. The number of alkyl halides is 3. The number of ether oxygens (including phenoxy) is 1. The molecule has 4 nitrogen and oxygen atoms in total. The summed E-state index contributed by atoms with van der Waals surface area (Å²) in [6, 6.07) is 14.8. The van der Waals surface area contributed by atoms with Gasteiger partial charge in [0.05, 0.1) is 12.2 Å². The number of halogens is 3. The van der Waals surface area contributed by atoms with Crippen LogP contribution in [0, 0.1) is 6.92 Å². The Bertz CT molecular complexity index is 1100. The molecule has 0 unspecified atom stereocenters. The topological polar surface area (TPSA) is 48.3 Å². The summed E-state index contributed by atoms with van der Waals surface area (Å²) in [4.78, 5) is 25.4. The highest BCUT2D eigenvalue weighted by molar-refractivity contribution is 5.91. The minimum absolute atomic E-state index is 0.0191. The fourth-order valence-electron chi connectivity index (χ4n) is 3.10. The Labute approximate surface area is 165 Å². The minimum atomic E-state index is -4.56. The highest BCUT2D eigenvalue weighted by Gasteiger charge is 2.31. The van der Waals surface area contributed by atoms with Crippen LogP contribution >= 0.6 is 0 Å². The lowest BCUT2D eigenvalue weighted by molar-refractivity contribution is -0.137. The molecule has 150 valence electrons. The lowest BCUT2D eigenvalue weighted by Gasteiger charge is -2.18. The summed E-state index contributed by atoms with van der Waals surface area (Å²) in [6.45, 7) is 3.30. The number of benzene rings is 2. The van der Waals surface area contributed by atoms with Gasteiger partial charge in [-0.25, -0.2) is 4.79 Å². The summed E-state index contributed by atoms with van der Waals surface area (Å²) in [7, 11) is 0. The zero-order valence-electron chi connectivity index (χ0n) is 15.8. The van der Waals surface area contributed by atoms with Gasteiger partial charge in [0, 0.05) is 16.9 Å². The van der Waals surface area contributed by atoms with Crippen molar-refractivity contribution in [3.8, 4) is 16.8 Å². The molecule has 0 saturated carbocycles. The monoisotopic (exact) mass is 401 g/mol. The number of esters is 1. The lowest BCUT2D eigenvalue weighted by atomic mass is 10.0. The van der Waals surface area contributed by atoms with Crippen molar-refractivity contribution in [1.29, 1.82) is 0 Å². The van der Waals surface area contributed by atoms with Gasteiger partial charge in [-0.1, -0.05) is 36.4 Å². The molecule has 1 aromatic heterocycles. The average molecular weight is 401 g/mol. The summed E-state index contributed by atoms with van der Waals surface area (Å²) in [5.41, 5.74) is -0.168. The van der Waals surface area contributed by atoms with E-state index in [0.29, 0.717) is 11.3 Å². The molecule has 1 heterocycles. The number of carbonyl (C=O) groups excluding carboxylic acids is 1. The minimum Gasteiger partial charge on any atom is -0.462 e. The second-order valence-electron chi connectivity index (χ2n) is 6.33. The number of hydrogen-bond donors (Lipinski definition) is 0. The van der Waals surface area contributed by atoms with Crippen molar-refractivity contribution in [3.05, 3.63) is 87.8 Å². The maximum atomic E-state index is 13.2. The van der Waals surface area contributed by atoms with Crippen molar-refractivity contribution >= 4 is 5.97 Å². The van der Waals surface area contributed by atoms with Crippen LogP contribution in [0.25, 0.3) is 16.8 Å². The Morgan fingerprint density at radius 3 is 2.34 bits per heavy atom. The van der Waals surface area contributed by atoms with E-state index in [1.165, 1.54) is 18.2 Å². The SMILES string of the molecule is CCOC(=O)c1cc(-c2ccccc2)c(C)n(-c2cccc(C(F)(F)F)c2)c1=O. The third kappa shape index (κ3) is 4.08. The van der Waals surface area contributed by atoms with E-state index in [1.54, 1.807) is 38.1 Å². The molecular weight excluding hydrogens is 383 g/mol. The molecule has 7 heteroatoms. The number of hydrogen-bond acceptors (Lipinski definition) is 3. The van der Waals surface area contributed by atoms with Crippen molar-refractivity contribution in [3.63, 3.8) is 0 Å².